The fourth-order valence-corrected chi connectivity index (χ4v) is 1.85. The molecule has 0 bridgehead atoms. The second-order valence-electron chi connectivity index (χ2n) is 4.14. The Balaban J connectivity index is 1.53. The standard InChI is InChI=1S/C10H17N7S2/c18-9-12-5-16(6-13-9)3-1-11-2-4-17-7-14-10(19)15-8-17/h5,7,11H,1-4,6,8H2,(H,13,18)(H,15,19). The van der Waals surface area contributed by atoms with Crippen molar-refractivity contribution >= 4 is 47.3 Å². The predicted octanol–water partition coefficient (Wildman–Crippen LogP) is -1.07. The van der Waals surface area contributed by atoms with Crippen LogP contribution in [0.3, 0.4) is 0 Å². The summed E-state index contributed by atoms with van der Waals surface area (Å²) in [6, 6.07) is 0. The van der Waals surface area contributed by atoms with Crippen LogP contribution < -0.4 is 16.0 Å². The second kappa shape index (κ2) is 7.31. The Hall–Kier alpha value is -1.32. The number of nitrogens with zero attached hydrogens (tertiary/aromatic N) is 4. The van der Waals surface area contributed by atoms with Gasteiger partial charge in [0.15, 0.2) is 10.2 Å². The van der Waals surface area contributed by atoms with Gasteiger partial charge in [0.25, 0.3) is 0 Å². The third kappa shape index (κ3) is 5.05. The SMILES string of the molecule is S=C1N=CN(CCNCCN2C=NC(=S)NC2)CN1. The Kier molecular flexibility index (Phi) is 5.43. The van der Waals surface area contributed by atoms with Crippen LogP contribution in [-0.4, -0.2) is 72.2 Å². The molecule has 7 nitrogen and oxygen atoms in total. The van der Waals surface area contributed by atoms with Crippen molar-refractivity contribution in [2.24, 2.45) is 9.98 Å². The third-order valence-corrected chi connectivity index (χ3v) is 3.19. The number of aliphatic imine (C=N–C) groups is 2. The minimum Gasteiger partial charge on any atom is -0.344 e. The van der Waals surface area contributed by atoms with Crippen molar-refractivity contribution in [3.05, 3.63) is 0 Å². The summed E-state index contributed by atoms with van der Waals surface area (Å²) in [5.74, 6) is 0. The van der Waals surface area contributed by atoms with Gasteiger partial charge < -0.3 is 25.8 Å². The van der Waals surface area contributed by atoms with Gasteiger partial charge in [-0.1, -0.05) is 0 Å². The van der Waals surface area contributed by atoms with Gasteiger partial charge in [0.05, 0.1) is 26.0 Å². The van der Waals surface area contributed by atoms with E-state index in [-0.39, 0.29) is 0 Å². The maximum atomic E-state index is 4.91. The molecule has 2 aliphatic rings. The molecule has 2 heterocycles. The van der Waals surface area contributed by atoms with E-state index in [1.807, 2.05) is 0 Å². The van der Waals surface area contributed by atoms with E-state index in [0.29, 0.717) is 10.2 Å². The highest BCUT2D eigenvalue weighted by Gasteiger charge is 2.07. The zero-order valence-electron chi connectivity index (χ0n) is 10.5. The number of thiocarbonyl (C=S) groups is 2. The fraction of sp³-hybridized carbons (Fsp3) is 0.600. The van der Waals surface area contributed by atoms with E-state index in [0.717, 1.165) is 39.5 Å². The first-order valence-corrected chi connectivity index (χ1v) is 6.88. The molecule has 0 amide bonds. The average Bonchev–Trinajstić information content (AvgIpc) is 2.43. The van der Waals surface area contributed by atoms with Crippen molar-refractivity contribution in [2.75, 3.05) is 39.5 Å². The smallest absolute Gasteiger partial charge is 0.195 e. The van der Waals surface area contributed by atoms with E-state index in [9.17, 15) is 0 Å². The van der Waals surface area contributed by atoms with Gasteiger partial charge in [-0.05, 0) is 24.4 Å². The number of hydrogen-bond acceptors (Lipinski definition) is 5. The Labute approximate surface area is 123 Å². The molecule has 2 aliphatic heterocycles. The molecule has 3 N–H and O–H groups in total. The summed E-state index contributed by atoms with van der Waals surface area (Å²) >= 11 is 9.82. The molecule has 0 saturated heterocycles. The molecule has 104 valence electrons. The molecule has 0 aromatic rings. The van der Waals surface area contributed by atoms with Crippen molar-refractivity contribution in [1.82, 2.24) is 25.8 Å². The van der Waals surface area contributed by atoms with Crippen molar-refractivity contribution in [3.63, 3.8) is 0 Å². The lowest BCUT2D eigenvalue weighted by atomic mass is 10.5. The van der Waals surface area contributed by atoms with Gasteiger partial charge in [-0.3, -0.25) is 0 Å². The van der Waals surface area contributed by atoms with Crippen LogP contribution in [0.2, 0.25) is 0 Å². The topological polar surface area (TPSA) is 67.3 Å². The quantitative estimate of drug-likeness (QED) is 0.426. The molecule has 0 radical (unpaired) electrons. The van der Waals surface area contributed by atoms with Crippen LogP contribution in [0, 0.1) is 0 Å². The van der Waals surface area contributed by atoms with Gasteiger partial charge in [0.2, 0.25) is 0 Å². The van der Waals surface area contributed by atoms with Crippen LogP contribution in [0.5, 0.6) is 0 Å². The molecule has 0 atom stereocenters. The average molecular weight is 299 g/mol. The van der Waals surface area contributed by atoms with Crippen LogP contribution >= 0.6 is 24.4 Å². The van der Waals surface area contributed by atoms with Gasteiger partial charge in [0.1, 0.15) is 0 Å². The van der Waals surface area contributed by atoms with Crippen molar-refractivity contribution in [1.29, 1.82) is 0 Å². The minimum atomic E-state index is 0.555. The highest BCUT2D eigenvalue weighted by atomic mass is 32.1. The summed E-state index contributed by atoms with van der Waals surface area (Å²) in [5, 5.41) is 10.5. The van der Waals surface area contributed by atoms with Gasteiger partial charge in [-0.2, -0.15) is 0 Å². The van der Waals surface area contributed by atoms with Crippen LogP contribution in [0.1, 0.15) is 0 Å². The monoisotopic (exact) mass is 299 g/mol. The summed E-state index contributed by atoms with van der Waals surface area (Å²) < 4.78 is 0. The molecule has 0 aromatic carbocycles. The molecule has 0 spiro atoms. The number of nitrogens with one attached hydrogen (secondary N) is 3. The molecule has 0 unspecified atom stereocenters. The van der Waals surface area contributed by atoms with E-state index in [2.05, 4.69) is 35.7 Å². The van der Waals surface area contributed by atoms with Crippen molar-refractivity contribution in [2.45, 2.75) is 0 Å². The molecule has 9 heteroatoms. The summed E-state index contributed by atoms with van der Waals surface area (Å²) in [6.07, 6.45) is 3.56. The van der Waals surface area contributed by atoms with E-state index in [1.165, 1.54) is 0 Å². The van der Waals surface area contributed by atoms with E-state index < -0.39 is 0 Å². The maximum Gasteiger partial charge on any atom is 0.195 e. The summed E-state index contributed by atoms with van der Waals surface area (Å²) in [7, 11) is 0. The molecule has 2 rings (SSSR count). The van der Waals surface area contributed by atoms with Gasteiger partial charge in [0, 0.05) is 26.2 Å². The van der Waals surface area contributed by atoms with Crippen LogP contribution in [0.15, 0.2) is 9.98 Å². The summed E-state index contributed by atoms with van der Waals surface area (Å²) in [6.45, 7) is 5.05. The molecule has 0 aliphatic carbocycles. The zero-order chi connectivity index (χ0) is 13.5. The van der Waals surface area contributed by atoms with Gasteiger partial charge >= 0.3 is 0 Å². The Morgan fingerprint density at radius 3 is 1.84 bits per heavy atom. The van der Waals surface area contributed by atoms with Crippen LogP contribution in [0.25, 0.3) is 0 Å². The lowest BCUT2D eigenvalue weighted by molar-refractivity contribution is 0.382. The van der Waals surface area contributed by atoms with Gasteiger partial charge in [-0.25, -0.2) is 9.98 Å². The van der Waals surface area contributed by atoms with Crippen molar-refractivity contribution in [3.8, 4) is 0 Å². The number of rotatable bonds is 6. The minimum absolute atomic E-state index is 0.555. The maximum absolute atomic E-state index is 4.91. The van der Waals surface area contributed by atoms with Crippen molar-refractivity contribution < 1.29 is 0 Å². The van der Waals surface area contributed by atoms with Gasteiger partial charge in [-0.15, -0.1) is 0 Å². The Bertz CT molecular complexity index is 359. The van der Waals surface area contributed by atoms with E-state index in [1.54, 1.807) is 12.7 Å². The molecular formula is C10H17N7S2. The fourth-order valence-electron chi connectivity index (χ4n) is 1.62. The second-order valence-corrected chi connectivity index (χ2v) is 4.92. The Morgan fingerprint density at radius 1 is 1.00 bits per heavy atom. The summed E-state index contributed by atoms with van der Waals surface area (Å²) in [4.78, 5) is 12.2. The summed E-state index contributed by atoms with van der Waals surface area (Å²) in [5.41, 5.74) is 0. The lowest BCUT2D eigenvalue weighted by Crippen LogP contribution is -2.45. The normalized spacial score (nSPS) is 18.5. The zero-order valence-corrected chi connectivity index (χ0v) is 12.1. The lowest BCUT2D eigenvalue weighted by Gasteiger charge is -2.25. The van der Waals surface area contributed by atoms with Crippen LogP contribution in [0.4, 0.5) is 0 Å². The highest BCUT2D eigenvalue weighted by molar-refractivity contribution is 7.80. The first-order valence-electron chi connectivity index (χ1n) is 6.07. The largest absolute Gasteiger partial charge is 0.344 e. The molecular weight excluding hydrogens is 282 g/mol. The predicted molar refractivity (Wildman–Crippen MR) is 84.5 cm³/mol. The van der Waals surface area contributed by atoms with E-state index in [4.69, 9.17) is 24.4 Å². The molecule has 0 aromatic heterocycles. The third-order valence-electron chi connectivity index (χ3n) is 2.69. The molecule has 0 fully saturated rings. The first-order chi connectivity index (χ1) is 9.24. The molecule has 0 saturated carbocycles. The first kappa shape index (κ1) is 14.1. The highest BCUT2D eigenvalue weighted by Crippen LogP contribution is 1.90. The Morgan fingerprint density at radius 2 is 1.47 bits per heavy atom. The molecule has 19 heavy (non-hydrogen) atoms. The number of hydrogen-bond donors (Lipinski definition) is 3. The van der Waals surface area contributed by atoms with Crippen LogP contribution in [-0.2, 0) is 0 Å². The van der Waals surface area contributed by atoms with E-state index >= 15 is 0 Å².